The normalized spacial score (nSPS) is 21.6. The first kappa shape index (κ1) is 15.8. The zero-order chi connectivity index (χ0) is 17.4. The van der Waals surface area contributed by atoms with Crippen LogP contribution in [0.5, 0.6) is 0 Å². The van der Waals surface area contributed by atoms with E-state index in [1.54, 1.807) is 4.90 Å². The Labute approximate surface area is 145 Å². The number of carbonyl (C=O) groups excluding carboxylic acids is 2. The molecule has 1 aliphatic heterocycles. The highest BCUT2D eigenvalue weighted by molar-refractivity contribution is 5.90. The second-order valence-corrected chi connectivity index (χ2v) is 6.58. The first-order valence-electron chi connectivity index (χ1n) is 8.49. The van der Waals surface area contributed by atoms with Gasteiger partial charge >= 0.3 is 5.97 Å². The standard InChI is InChI=1S/C18H20N4O3/c1-25-18(24)14-10-13(14)17(23)21-7-8-22-15(19-20-16(22)11-21)9-12-5-3-2-4-6-12/h2-6,13-14H,7-11H2,1H3. The van der Waals surface area contributed by atoms with Crippen LogP contribution in [0.15, 0.2) is 30.3 Å². The molecule has 0 saturated heterocycles. The van der Waals surface area contributed by atoms with Crippen LogP contribution in [0.3, 0.4) is 0 Å². The molecule has 1 aromatic carbocycles. The summed E-state index contributed by atoms with van der Waals surface area (Å²) in [4.78, 5) is 25.9. The fourth-order valence-electron chi connectivity index (χ4n) is 3.43. The highest BCUT2D eigenvalue weighted by atomic mass is 16.5. The van der Waals surface area contributed by atoms with E-state index in [0.29, 0.717) is 26.1 Å². The van der Waals surface area contributed by atoms with E-state index < -0.39 is 0 Å². The van der Waals surface area contributed by atoms with Crippen molar-refractivity contribution in [1.82, 2.24) is 19.7 Å². The maximum atomic E-state index is 12.6. The lowest BCUT2D eigenvalue weighted by Crippen LogP contribution is -2.40. The first-order valence-corrected chi connectivity index (χ1v) is 8.49. The van der Waals surface area contributed by atoms with Crippen molar-refractivity contribution in [1.29, 1.82) is 0 Å². The van der Waals surface area contributed by atoms with Crippen molar-refractivity contribution in [2.45, 2.75) is 25.9 Å². The van der Waals surface area contributed by atoms with E-state index >= 15 is 0 Å². The Balaban J connectivity index is 1.43. The van der Waals surface area contributed by atoms with Crippen molar-refractivity contribution >= 4 is 11.9 Å². The smallest absolute Gasteiger partial charge is 0.309 e. The molecule has 7 heteroatoms. The lowest BCUT2D eigenvalue weighted by Gasteiger charge is -2.28. The van der Waals surface area contributed by atoms with Crippen LogP contribution in [0.2, 0.25) is 0 Å². The molecule has 2 unspecified atom stereocenters. The number of aromatic nitrogens is 3. The summed E-state index contributed by atoms with van der Waals surface area (Å²) in [6, 6.07) is 10.2. The second kappa shape index (κ2) is 6.31. The third kappa shape index (κ3) is 3.01. The number of esters is 1. The van der Waals surface area contributed by atoms with Gasteiger partial charge in [-0.25, -0.2) is 0 Å². The summed E-state index contributed by atoms with van der Waals surface area (Å²) < 4.78 is 6.82. The molecule has 25 heavy (non-hydrogen) atoms. The van der Waals surface area contributed by atoms with Crippen molar-refractivity contribution in [3.63, 3.8) is 0 Å². The summed E-state index contributed by atoms with van der Waals surface area (Å²) in [5, 5.41) is 8.57. The van der Waals surface area contributed by atoms with Crippen molar-refractivity contribution < 1.29 is 14.3 Å². The van der Waals surface area contributed by atoms with Gasteiger partial charge in [-0.05, 0) is 12.0 Å². The molecule has 4 rings (SSSR count). The summed E-state index contributed by atoms with van der Waals surface area (Å²) in [7, 11) is 1.36. The van der Waals surface area contributed by atoms with Crippen LogP contribution in [0.1, 0.15) is 23.6 Å². The number of benzene rings is 1. The minimum absolute atomic E-state index is 0.0225. The average molecular weight is 340 g/mol. The van der Waals surface area contributed by atoms with Gasteiger partial charge in [0.2, 0.25) is 5.91 Å². The Kier molecular flexibility index (Phi) is 3.99. The zero-order valence-corrected chi connectivity index (χ0v) is 14.1. The molecular weight excluding hydrogens is 320 g/mol. The summed E-state index contributed by atoms with van der Waals surface area (Å²) >= 11 is 0. The van der Waals surface area contributed by atoms with Gasteiger partial charge in [-0.1, -0.05) is 30.3 Å². The number of rotatable bonds is 4. The number of carbonyl (C=O) groups is 2. The van der Waals surface area contributed by atoms with Gasteiger partial charge in [0.05, 0.1) is 25.5 Å². The van der Waals surface area contributed by atoms with Gasteiger partial charge in [-0.2, -0.15) is 0 Å². The van der Waals surface area contributed by atoms with Crippen LogP contribution >= 0.6 is 0 Å². The van der Waals surface area contributed by atoms with Gasteiger partial charge in [0.25, 0.3) is 0 Å². The maximum Gasteiger partial charge on any atom is 0.309 e. The van der Waals surface area contributed by atoms with E-state index in [4.69, 9.17) is 4.74 Å². The molecule has 1 aromatic heterocycles. The van der Waals surface area contributed by atoms with E-state index in [1.165, 1.54) is 12.7 Å². The fraction of sp³-hybridized carbons (Fsp3) is 0.444. The summed E-state index contributed by atoms with van der Waals surface area (Å²) in [5.74, 6) is 0.961. The van der Waals surface area contributed by atoms with Crippen LogP contribution in [-0.2, 0) is 33.8 Å². The molecule has 7 nitrogen and oxygen atoms in total. The third-order valence-electron chi connectivity index (χ3n) is 4.96. The van der Waals surface area contributed by atoms with Crippen LogP contribution in [-0.4, -0.2) is 45.2 Å². The van der Waals surface area contributed by atoms with Crippen molar-refractivity contribution in [2.75, 3.05) is 13.7 Å². The topological polar surface area (TPSA) is 77.3 Å². The molecule has 2 heterocycles. The van der Waals surface area contributed by atoms with Gasteiger partial charge in [0.15, 0.2) is 5.82 Å². The highest BCUT2D eigenvalue weighted by Crippen LogP contribution is 2.41. The molecule has 1 aliphatic carbocycles. The lowest BCUT2D eigenvalue weighted by atomic mass is 10.1. The number of nitrogens with zero attached hydrogens (tertiary/aromatic N) is 4. The van der Waals surface area contributed by atoms with Gasteiger partial charge in [-0.15, -0.1) is 10.2 Å². The number of fused-ring (bicyclic) bond motifs is 1. The monoisotopic (exact) mass is 340 g/mol. The Morgan fingerprint density at radius 1 is 1.16 bits per heavy atom. The molecule has 2 atom stereocenters. The minimum Gasteiger partial charge on any atom is -0.469 e. The van der Waals surface area contributed by atoms with Crippen LogP contribution in [0, 0.1) is 11.8 Å². The quantitative estimate of drug-likeness (QED) is 0.777. The van der Waals surface area contributed by atoms with Crippen molar-refractivity contribution in [3.8, 4) is 0 Å². The Morgan fingerprint density at radius 3 is 2.72 bits per heavy atom. The second-order valence-electron chi connectivity index (χ2n) is 6.58. The highest BCUT2D eigenvalue weighted by Gasteiger charge is 2.50. The fourth-order valence-corrected chi connectivity index (χ4v) is 3.43. The van der Waals surface area contributed by atoms with Gasteiger partial charge < -0.3 is 14.2 Å². The third-order valence-corrected chi connectivity index (χ3v) is 4.96. The van der Waals surface area contributed by atoms with Crippen LogP contribution in [0.4, 0.5) is 0 Å². The summed E-state index contributed by atoms with van der Waals surface area (Å²) in [6.07, 6.45) is 1.32. The molecule has 1 fully saturated rings. The van der Waals surface area contributed by atoms with Crippen molar-refractivity contribution in [2.24, 2.45) is 11.8 Å². The molecule has 0 bridgehead atoms. The largest absolute Gasteiger partial charge is 0.469 e. The number of hydrogen-bond donors (Lipinski definition) is 0. The molecule has 0 spiro atoms. The Hall–Kier alpha value is -2.70. The first-order chi connectivity index (χ1) is 12.2. The minimum atomic E-state index is -0.288. The molecule has 0 radical (unpaired) electrons. The molecule has 2 aromatic rings. The predicted octanol–water partition coefficient (Wildman–Crippen LogP) is 1.02. The predicted molar refractivity (Wildman–Crippen MR) is 88.3 cm³/mol. The molecule has 130 valence electrons. The maximum absolute atomic E-state index is 12.6. The molecular formula is C18H20N4O3. The van der Waals surface area contributed by atoms with Crippen LogP contribution in [0.25, 0.3) is 0 Å². The van der Waals surface area contributed by atoms with Crippen molar-refractivity contribution in [3.05, 3.63) is 47.5 Å². The van der Waals surface area contributed by atoms with E-state index in [2.05, 4.69) is 26.9 Å². The number of hydrogen-bond acceptors (Lipinski definition) is 5. The average Bonchev–Trinajstić information content (AvgIpc) is 3.36. The number of methoxy groups -OCH3 is 1. The molecule has 2 aliphatic rings. The van der Waals surface area contributed by atoms with E-state index in [-0.39, 0.29) is 23.7 Å². The Bertz CT molecular complexity index is 802. The lowest BCUT2D eigenvalue weighted by molar-refractivity contribution is -0.145. The molecule has 1 saturated carbocycles. The van der Waals surface area contributed by atoms with Crippen LogP contribution < -0.4 is 0 Å². The van der Waals surface area contributed by atoms with E-state index in [1.807, 2.05) is 18.2 Å². The SMILES string of the molecule is COC(=O)C1CC1C(=O)N1CCn2c(Cc3ccccc3)nnc2C1. The number of amides is 1. The summed E-state index contributed by atoms with van der Waals surface area (Å²) in [5.41, 5.74) is 1.19. The molecule has 0 N–H and O–H groups in total. The van der Waals surface area contributed by atoms with Gasteiger partial charge in [0, 0.05) is 19.5 Å². The Morgan fingerprint density at radius 2 is 1.96 bits per heavy atom. The molecule has 1 amide bonds. The van der Waals surface area contributed by atoms with E-state index in [0.717, 1.165) is 18.1 Å². The van der Waals surface area contributed by atoms with E-state index in [9.17, 15) is 9.59 Å². The van der Waals surface area contributed by atoms with Gasteiger partial charge in [-0.3, -0.25) is 9.59 Å². The summed E-state index contributed by atoms with van der Waals surface area (Å²) in [6.45, 7) is 1.76. The van der Waals surface area contributed by atoms with Gasteiger partial charge in [0.1, 0.15) is 5.82 Å². The number of ether oxygens (including phenoxy) is 1. The zero-order valence-electron chi connectivity index (χ0n) is 14.1.